The van der Waals surface area contributed by atoms with Gasteiger partial charge in [-0.3, -0.25) is 4.90 Å². The van der Waals surface area contributed by atoms with Gasteiger partial charge < -0.3 is 14.2 Å². The lowest BCUT2D eigenvalue weighted by Gasteiger charge is -2.35. The molecule has 1 saturated carbocycles. The zero-order valence-corrected chi connectivity index (χ0v) is 18.8. The number of benzene rings is 2. The zero-order chi connectivity index (χ0) is 22.3. The van der Waals surface area contributed by atoms with Crippen LogP contribution in [0.4, 0.5) is 4.79 Å². The number of fused-ring (bicyclic) bond motifs is 1. The van der Waals surface area contributed by atoms with E-state index in [1.807, 2.05) is 67.3 Å². The standard InChI is InChI=1S/C27H31NO4/c1-3-22-23-16-11-17-28(27(29)30-4-2)24(23)26(32-19-21-14-9-6-10-15-21)25(22)31-18-20-12-7-5-8-13-20/h3,5-10,12-16,24-26H,4,11,17-19H2,1-2H3/b22-3-/t24-,25-,26-/m0/s1. The number of carbonyl (C=O) groups excluding carboxylic acids is 1. The first-order valence-electron chi connectivity index (χ1n) is 11.3. The molecule has 1 fully saturated rings. The van der Waals surface area contributed by atoms with E-state index in [1.54, 1.807) is 0 Å². The Balaban J connectivity index is 1.63. The van der Waals surface area contributed by atoms with Crippen LogP contribution in [0.2, 0.25) is 0 Å². The maximum atomic E-state index is 12.8. The molecule has 0 spiro atoms. The van der Waals surface area contributed by atoms with Gasteiger partial charge in [-0.2, -0.15) is 0 Å². The number of nitrogens with zero attached hydrogens (tertiary/aromatic N) is 1. The molecule has 2 aliphatic rings. The van der Waals surface area contributed by atoms with Crippen LogP contribution in [-0.4, -0.2) is 42.4 Å². The second-order valence-electron chi connectivity index (χ2n) is 8.01. The van der Waals surface area contributed by atoms with Crippen LogP contribution in [0.5, 0.6) is 0 Å². The third kappa shape index (κ3) is 4.79. The molecule has 0 unspecified atom stereocenters. The second kappa shape index (κ2) is 10.6. The van der Waals surface area contributed by atoms with Crippen LogP contribution in [0.1, 0.15) is 31.4 Å². The van der Waals surface area contributed by atoms with Gasteiger partial charge >= 0.3 is 6.09 Å². The van der Waals surface area contributed by atoms with Crippen molar-refractivity contribution >= 4 is 6.09 Å². The van der Waals surface area contributed by atoms with Crippen molar-refractivity contribution in [2.45, 2.75) is 51.7 Å². The Morgan fingerprint density at radius 1 is 1.00 bits per heavy atom. The highest BCUT2D eigenvalue weighted by Crippen LogP contribution is 2.42. The topological polar surface area (TPSA) is 48.0 Å². The fourth-order valence-corrected chi connectivity index (χ4v) is 4.57. The van der Waals surface area contributed by atoms with Crippen LogP contribution >= 0.6 is 0 Å². The van der Waals surface area contributed by atoms with E-state index in [9.17, 15) is 4.79 Å². The monoisotopic (exact) mass is 433 g/mol. The van der Waals surface area contributed by atoms with E-state index >= 15 is 0 Å². The number of hydrogen-bond acceptors (Lipinski definition) is 4. The van der Waals surface area contributed by atoms with Crippen molar-refractivity contribution in [3.05, 3.63) is 95.1 Å². The maximum Gasteiger partial charge on any atom is 0.410 e. The molecule has 0 saturated heterocycles. The molecule has 0 aromatic heterocycles. The highest BCUT2D eigenvalue weighted by molar-refractivity contribution is 5.70. The minimum absolute atomic E-state index is 0.224. The largest absolute Gasteiger partial charge is 0.450 e. The molecule has 0 N–H and O–H groups in total. The van der Waals surface area contributed by atoms with Gasteiger partial charge in [-0.1, -0.05) is 72.8 Å². The molecule has 5 heteroatoms. The number of rotatable bonds is 7. The maximum absolute atomic E-state index is 12.8. The van der Waals surface area contributed by atoms with Gasteiger partial charge in [0.25, 0.3) is 0 Å². The molecule has 0 bridgehead atoms. The Morgan fingerprint density at radius 3 is 2.22 bits per heavy atom. The summed E-state index contributed by atoms with van der Waals surface area (Å²) in [7, 11) is 0. The molecule has 0 radical (unpaired) electrons. The number of amides is 1. The van der Waals surface area contributed by atoms with Crippen LogP contribution in [-0.2, 0) is 27.4 Å². The molecule has 5 nitrogen and oxygen atoms in total. The Kier molecular flexibility index (Phi) is 7.40. The molecule has 1 heterocycles. The lowest BCUT2D eigenvalue weighted by atomic mass is 10.00. The first-order valence-corrected chi connectivity index (χ1v) is 11.3. The van der Waals surface area contributed by atoms with Crippen molar-refractivity contribution in [1.29, 1.82) is 0 Å². The molecular formula is C27H31NO4. The lowest BCUT2D eigenvalue weighted by Crippen LogP contribution is -2.50. The molecule has 4 rings (SSSR count). The molecule has 1 amide bonds. The summed E-state index contributed by atoms with van der Waals surface area (Å²) in [4.78, 5) is 14.6. The molecule has 168 valence electrons. The van der Waals surface area contributed by atoms with E-state index in [4.69, 9.17) is 14.2 Å². The van der Waals surface area contributed by atoms with Gasteiger partial charge in [0.15, 0.2) is 0 Å². The Labute approximate surface area is 190 Å². The Hall–Kier alpha value is -2.89. The van der Waals surface area contributed by atoms with E-state index in [1.165, 1.54) is 0 Å². The van der Waals surface area contributed by atoms with Crippen LogP contribution in [0.15, 0.2) is 84.0 Å². The van der Waals surface area contributed by atoms with Crippen molar-refractivity contribution < 1.29 is 19.0 Å². The first-order chi connectivity index (χ1) is 15.7. The molecule has 2 aromatic rings. The van der Waals surface area contributed by atoms with Crippen molar-refractivity contribution in [3.8, 4) is 0 Å². The van der Waals surface area contributed by atoms with E-state index in [0.29, 0.717) is 26.4 Å². The summed E-state index contributed by atoms with van der Waals surface area (Å²) in [5.41, 5.74) is 4.41. The van der Waals surface area contributed by atoms with Gasteiger partial charge in [0.1, 0.15) is 12.2 Å². The second-order valence-corrected chi connectivity index (χ2v) is 8.01. The highest BCUT2D eigenvalue weighted by Gasteiger charge is 2.50. The van der Waals surface area contributed by atoms with Crippen molar-refractivity contribution in [2.24, 2.45) is 0 Å². The molecular weight excluding hydrogens is 402 g/mol. The fraction of sp³-hybridized carbons (Fsp3) is 0.370. The average Bonchev–Trinajstić information content (AvgIpc) is 3.15. The average molecular weight is 434 g/mol. The first kappa shape index (κ1) is 22.3. The summed E-state index contributed by atoms with van der Waals surface area (Å²) in [6.45, 7) is 5.75. The molecule has 2 aromatic carbocycles. The van der Waals surface area contributed by atoms with Crippen molar-refractivity contribution in [1.82, 2.24) is 4.90 Å². The van der Waals surface area contributed by atoms with E-state index in [-0.39, 0.29) is 24.3 Å². The smallest absolute Gasteiger partial charge is 0.410 e. The van der Waals surface area contributed by atoms with Crippen LogP contribution < -0.4 is 0 Å². The summed E-state index contributed by atoms with van der Waals surface area (Å²) < 4.78 is 18.3. The minimum atomic E-state index is -0.318. The van der Waals surface area contributed by atoms with Crippen molar-refractivity contribution in [2.75, 3.05) is 13.2 Å². The summed E-state index contributed by atoms with van der Waals surface area (Å²) in [5.74, 6) is 0. The van der Waals surface area contributed by atoms with Crippen LogP contribution in [0, 0.1) is 0 Å². The summed E-state index contributed by atoms with van der Waals surface area (Å²) >= 11 is 0. The van der Waals surface area contributed by atoms with E-state index in [2.05, 4.69) is 24.3 Å². The molecule has 3 atom stereocenters. The normalized spacial score (nSPS) is 23.7. The van der Waals surface area contributed by atoms with Gasteiger partial charge in [-0.05, 0) is 42.5 Å². The number of allylic oxidation sites excluding steroid dienone is 1. The zero-order valence-electron chi connectivity index (χ0n) is 18.8. The molecule has 32 heavy (non-hydrogen) atoms. The number of carbonyl (C=O) groups is 1. The lowest BCUT2D eigenvalue weighted by molar-refractivity contribution is -0.0802. The van der Waals surface area contributed by atoms with Gasteiger partial charge in [-0.25, -0.2) is 4.79 Å². The van der Waals surface area contributed by atoms with Gasteiger partial charge in [0.2, 0.25) is 0 Å². The Bertz CT molecular complexity index is 954. The third-order valence-electron chi connectivity index (χ3n) is 6.01. The Morgan fingerprint density at radius 2 is 1.62 bits per heavy atom. The van der Waals surface area contributed by atoms with Crippen LogP contribution in [0.3, 0.4) is 0 Å². The van der Waals surface area contributed by atoms with Crippen LogP contribution in [0.25, 0.3) is 0 Å². The van der Waals surface area contributed by atoms with E-state index < -0.39 is 0 Å². The predicted molar refractivity (Wildman–Crippen MR) is 124 cm³/mol. The summed E-state index contributed by atoms with van der Waals surface area (Å²) in [5, 5.41) is 0. The highest BCUT2D eigenvalue weighted by atomic mass is 16.6. The SMILES string of the molecule is C/C=C1/C2=CCCN(C(=O)OCC)[C@@H]2[C@H](OCc2ccccc2)[C@H]1OCc1ccccc1. The van der Waals surface area contributed by atoms with E-state index in [0.717, 1.165) is 28.7 Å². The van der Waals surface area contributed by atoms with Gasteiger partial charge in [-0.15, -0.1) is 0 Å². The molecule has 1 aliphatic carbocycles. The third-order valence-corrected chi connectivity index (χ3v) is 6.01. The quantitative estimate of drug-likeness (QED) is 0.597. The minimum Gasteiger partial charge on any atom is -0.450 e. The predicted octanol–water partition coefficient (Wildman–Crippen LogP) is 5.27. The summed E-state index contributed by atoms with van der Waals surface area (Å²) in [6.07, 6.45) is 4.22. The molecule has 1 aliphatic heterocycles. The number of hydrogen-bond donors (Lipinski definition) is 0. The summed E-state index contributed by atoms with van der Waals surface area (Å²) in [6, 6.07) is 20.0. The van der Waals surface area contributed by atoms with Crippen molar-refractivity contribution in [3.63, 3.8) is 0 Å². The number of ether oxygens (including phenoxy) is 3. The fourth-order valence-electron chi connectivity index (χ4n) is 4.57. The van der Waals surface area contributed by atoms with Gasteiger partial charge in [0.05, 0.1) is 25.9 Å². The van der Waals surface area contributed by atoms with Gasteiger partial charge in [0, 0.05) is 6.54 Å².